The van der Waals surface area contributed by atoms with Gasteiger partial charge in [0.25, 0.3) is 0 Å². The standard InChI is InChI=1S/C13H14ClFN2O3/c1-19-5-6-20-8-12(18)17-11(7-16)13-9(14)3-2-4-10(13)15/h2-4,11H,5-6,8H2,1H3,(H,17,18)/t11-/m1/s1. The van der Waals surface area contributed by atoms with Crippen molar-refractivity contribution in [2.45, 2.75) is 6.04 Å². The molecule has 1 aromatic carbocycles. The molecule has 0 saturated heterocycles. The molecule has 0 radical (unpaired) electrons. The number of benzene rings is 1. The monoisotopic (exact) mass is 300 g/mol. The van der Waals surface area contributed by atoms with Gasteiger partial charge in [-0.2, -0.15) is 5.26 Å². The lowest BCUT2D eigenvalue weighted by Crippen LogP contribution is -2.32. The number of amides is 1. The van der Waals surface area contributed by atoms with E-state index in [1.807, 2.05) is 0 Å². The van der Waals surface area contributed by atoms with Crippen molar-refractivity contribution in [2.75, 3.05) is 26.9 Å². The highest BCUT2D eigenvalue weighted by Gasteiger charge is 2.20. The van der Waals surface area contributed by atoms with Gasteiger partial charge in [0, 0.05) is 17.7 Å². The van der Waals surface area contributed by atoms with Gasteiger partial charge in [-0.25, -0.2) is 4.39 Å². The molecule has 0 fully saturated rings. The predicted molar refractivity (Wildman–Crippen MR) is 70.6 cm³/mol. The van der Waals surface area contributed by atoms with Crippen LogP contribution in [0.3, 0.4) is 0 Å². The van der Waals surface area contributed by atoms with Gasteiger partial charge in [-0.1, -0.05) is 17.7 Å². The Labute approximate surface area is 121 Å². The Morgan fingerprint density at radius 2 is 2.30 bits per heavy atom. The molecule has 0 unspecified atom stereocenters. The van der Waals surface area contributed by atoms with Crippen molar-refractivity contribution in [3.05, 3.63) is 34.6 Å². The van der Waals surface area contributed by atoms with E-state index in [0.717, 1.165) is 0 Å². The lowest BCUT2D eigenvalue weighted by molar-refractivity contribution is -0.126. The molecular formula is C13H14ClFN2O3. The fourth-order valence-corrected chi connectivity index (χ4v) is 1.74. The van der Waals surface area contributed by atoms with E-state index < -0.39 is 17.8 Å². The summed E-state index contributed by atoms with van der Waals surface area (Å²) in [5.41, 5.74) is -0.0538. The highest BCUT2D eigenvalue weighted by atomic mass is 35.5. The minimum Gasteiger partial charge on any atom is -0.382 e. The molecule has 1 amide bonds. The Hall–Kier alpha value is -1.68. The van der Waals surface area contributed by atoms with E-state index in [0.29, 0.717) is 6.61 Å². The van der Waals surface area contributed by atoms with Gasteiger partial charge in [0.15, 0.2) is 0 Å². The lowest BCUT2D eigenvalue weighted by atomic mass is 10.1. The highest BCUT2D eigenvalue weighted by molar-refractivity contribution is 6.31. The maximum Gasteiger partial charge on any atom is 0.247 e. The van der Waals surface area contributed by atoms with Crippen LogP contribution >= 0.6 is 11.6 Å². The summed E-state index contributed by atoms with van der Waals surface area (Å²) in [6.45, 7) is 0.364. The smallest absolute Gasteiger partial charge is 0.247 e. The summed E-state index contributed by atoms with van der Waals surface area (Å²) >= 11 is 5.84. The summed E-state index contributed by atoms with van der Waals surface area (Å²) in [5.74, 6) is -1.18. The average Bonchev–Trinajstić information content (AvgIpc) is 2.42. The number of carbonyl (C=O) groups is 1. The molecule has 0 aliphatic carbocycles. The summed E-state index contributed by atoms with van der Waals surface area (Å²) in [7, 11) is 1.51. The fourth-order valence-electron chi connectivity index (χ4n) is 1.47. The normalized spacial score (nSPS) is 11.7. The zero-order valence-corrected chi connectivity index (χ0v) is 11.6. The van der Waals surface area contributed by atoms with Gasteiger partial charge in [-0.15, -0.1) is 0 Å². The Morgan fingerprint density at radius 1 is 1.55 bits per heavy atom. The molecule has 1 aromatic rings. The van der Waals surface area contributed by atoms with Crippen molar-refractivity contribution in [2.24, 2.45) is 0 Å². The first-order chi connectivity index (χ1) is 9.60. The van der Waals surface area contributed by atoms with E-state index in [2.05, 4.69) is 5.32 Å². The molecule has 0 saturated carbocycles. The number of hydrogen-bond donors (Lipinski definition) is 1. The SMILES string of the molecule is COCCOCC(=O)N[C@H](C#N)c1c(F)cccc1Cl. The quantitative estimate of drug-likeness (QED) is 0.780. The molecule has 5 nitrogen and oxygen atoms in total. The van der Waals surface area contributed by atoms with Crippen LogP contribution in [-0.2, 0) is 14.3 Å². The molecule has 1 rings (SSSR count). The number of rotatable bonds is 7. The first kappa shape index (κ1) is 16.4. The Bertz CT molecular complexity index is 485. The second kappa shape index (κ2) is 8.48. The van der Waals surface area contributed by atoms with Gasteiger partial charge in [0.05, 0.1) is 19.3 Å². The van der Waals surface area contributed by atoms with Crippen LogP contribution in [0.25, 0.3) is 0 Å². The molecule has 0 bridgehead atoms. The predicted octanol–water partition coefficient (Wildman–Crippen LogP) is 1.82. The Balaban J connectivity index is 2.64. The Kier molecular flexibility index (Phi) is 6.94. The Morgan fingerprint density at radius 3 is 2.90 bits per heavy atom. The van der Waals surface area contributed by atoms with Crippen molar-refractivity contribution < 1.29 is 18.7 Å². The van der Waals surface area contributed by atoms with Crippen molar-refractivity contribution in [1.29, 1.82) is 5.26 Å². The first-order valence-corrected chi connectivity index (χ1v) is 6.17. The third-order valence-corrected chi connectivity index (χ3v) is 2.72. The molecule has 0 heterocycles. The topological polar surface area (TPSA) is 71.3 Å². The molecule has 108 valence electrons. The number of halogens is 2. The van der Waals surface area contributed by atoms with Crippen LogP contribution in [0.5, 0.6) is 0 Å². The molecule has 20 heavy (non-hydrogen) atoms. The van der Waals surface area contributed by atoms with Gasteiger partial charge < -0.3 is 14.8 Å². The number of carbonyl (C=O) groups excluding carboxylic acids is 1. The van der Waals surface area contributed by atoms with Crippen LogP contribution in [0.1, 0.15) is 11.6 Å². The summed E-state index contributed by atoms with van der Waals surface area (Å²) in [6, 6.07) is 4.68. The first-order valence-electron chi connectivity index (χ1n) is 5.79. The van der Waals surface area contributed by atoms with Crippen molar-refractivity contribution in [3.8, 4) is 6.07 Å². The minimum atomic E-state index is -1.16. The van der Waals surface area contributed by atoms with E-state index in [4.69, 9.17) is 26.3 Å². The van der Waals surface area contributed by atoms with Crippen LogP contribution in [0.4, 0.5) is 4.39 Å². The van der Waals surface area contributed by atoms with Gasteiger partial charge in [0.1, 0.15) is 18.5 Å². The second-order valence-electron chi connectivity index (χ2n) is 3.81. The van der Waals surface area contributed by atoms with Crippen LogP contribution < -0.4 is 5.32 Å². The number of nitrogens with one attached hydrogen (secondary N) is 1. The summed E-state index contributed by atoms with van der Waals surface area (Å²) < 4.78 is 23.4. The van der Waals surface area contributed by atoms with Gasteiger partial charge >= 0.3 is 0 Å². The minimum absolute atomic E-state index is 0.0538. The zero-order chi connectivity index (χ0) is 15.0. The van der Waals surface area contributed by atoms with E-state index in [9.17, 15) is 9.18 Å². The average molecular weight is 301 g/mol. The molecule has 0 aliphatic rings. The van der Waals surface area contributed by atoms with Crippen LogP contribution in [0, 0.1) is 17.1 Å². The van der Waals surface area contributed by atoms with Gasteiger partial charge in [-0.3, -0.25) is 4.79 Å². The van der Waals surface area contributed by atoms with Crippen molar-refractivity contribution >= 4 is 17.5 Å². The third kappa shape index (κ3) is 4.78. The van der Waals surface area contributed by atoms with E-state index in [1.165, 1.54) is 25.3 Å². The summed E-state index contributed by atoms with van der Waals surface area (Å²) in [6.07, 6.45) is 0. The highest BCUT2D eigenvalue weighted by Crippen LogP contribution is 2.25. The van der Waals surface area contributed by atoms with Gasteiger partial charge in [-0.05, 0) is 12.1 Å². The van der Waals surface area contributed by atoms with E-state index in [1.54, 1.807) is 6.07 Å². The molecule has 1 N–H and O–H groups in total. The third-order valence-electron chi connectivity index (χ3n) is 2.39. The fraction of sp³-hybridized carbons (Fsp3) is 0.385. The summed E-state index contributed by atoms with van der Waals surface area (Å²) in [4.78, 5) is 11.6. The zero-order valence-electron chi connectivity index (χ0n) is 10.9. The molecule has 0 spiro atoms. The van der Waals surface area contributed by atoms with Crippen molar-refractivity contribution in [3.63, 3.8) is 0 Å². The van der Waals surface area contributed by atoms with E-state index in [-0.39, 0.29) is 23.8 Å². The second-order valence-corrected chi connectivity index (χ2v) is 4.22. The maximum absolute atomic E-state index is 13.7. The maximum atomic E-state index is 13.7. The number of ether oxygens (including phenoxy) is 2. The van der Waals surface area contributed by atoms with E-state index >= 15 is 0 Å². The number of methoxy groups -OCH3 is 1. The summed E-state index contributed by atoms with van der Waals surface area (Å²) in [5, 5.41) is 11.5. The molecular weight excluding hydrogens is 287 g/mol. The number of nitrogens with zero attached hydrogens (tertiary/aromatic N) is 1. The van der Waals surface area contributed by atoms with Gasteiger partial charge in [0.2, 0.25) is 5.91 Å². The molecule has 1 atom stereocenters. The van der Waals surface area contributed by atoms with Crippen LogP contribution in [-0.4, -0.2) is 32.8 Å². The van der Waals surface area contributed by atoms with Crippen LogP contribution in [0.2, 0.25) is 5.02 Å². The largest absolute Gasteiger partial charge is 0.382 e. The van der Waals surface area contributed by atoms with Crippen LogP contribution in [0.15, 0.2) is 18.2 Å². The molecule has 0 aromatic heterocycles. The lowest BCUT2D eigenvalue weighted by Gasteiger charge is -2.14. The molecule has 7 heteroatoms. The number of hydrogen-bond acceptors (Lipinski definition) is 4. The molecule has 0 aliphatic heterocycles. The van der Waals surface area contributed by atoms with Crippen molar-refractivity contribution in [1.82, 2.24) is 5.32 Å². The number of nitriles is 1.